The second-order valence-corrected chi connectivity index (χ2v) is 8.55. The van der Waals surface area contributed by atoms with Gasteiger partial charge in [-0.05, 0) is 66.2 Å². The largest absolute Gasteiger partial charge is 0.489 e. The van der Waals surface area contributed by atoms with Gasteiger partial charge in [0.05, 0.1) is 11.9 Å². The monoisotopic (exact) mass is 520 g/mol. The van der Waals surface area contributed by atoms with E-state index >= 15 is 0 Å². The molecular weight excluding hydrogens is 495 g/mol. The van der Waals surface area contributed by atoms with Crippen LogP contribution in [0.2, 0.25) is 0 Å². The summed E-state index contributed by atoms with van der Waals surface area (Å²) in [7, 11) is 0. The number of nitrogens with one attached hydrogen (secondary N) is 1. The minimum absolute atomic E-state index is 0.260. The minimum atomic E-state index is -0.451. The zero-order chi connectivity index (χ0) is 26.9. The second-order valence-electron chi connectivity index (χ2n) is 8.55. The molecule has 0 fully saturated rings. The van der Waals surface area contributed by atoms with E-state index in [1.807, 2.05) is 91.1 Å². The zero-order valence-corrected chi connectivity index (χ0v) is 20.9. The number of carbonyl (C=O) groups is 1. The predicted molar refractivity (Wildman–Crippen MR) is 147 cm³/mol. The first-order chi connectivity index (χ1) is 19.1. The van der Waals surface area contributed by atoms with Crippen LogP contribution < -0.4 is 14.9 Å². The van der Waals surface area contributed by atoms with Gasteiger partial charge in [-0.1, -0.05) is 48.5 Å². The van der Waals surface area contributed by atoms with Gasteiger partial charge >= 0.3 is 0 Å². The highest BCUT2D eigenvalue weighted by molar-refractivity contribution is 5.89. The van der Waals surface area contributed by atoms with Gasteiger partial charge in [-0.25, -0.2) is 14.5 Å². The standard InChI is InChI=1S/C31H25FN4O3/c32-26-13-17-29(18-14-26)39-22-30(37)34-33-19-25-20-36(27-9-5-2-6-10-27)35-31(25)24-11-15-28(16-12-24)38-21-23-7-3-1-4-8-23/h1-20H,21-22H2,(H,34,37)/b33-19-. The third-order valence-corrected chi connectivity index (χ3v) is 5.72. The lowest BCUT2D eigenvalue weighted by Crippen LogP contribution is -2.24. The molecule has 1 heterocycles. The van der Waals surface area contributed by atoms with E-state index in [4.69, 9.17) is 14.6 Å². The van der Waals surface area contributed by atoms with Crippen molar-refractivity contribution in [3.05, 3.63) is 132 Å². The van der Waals surface area contributed by atoms with Crippen molar-refractivity contribution in [2.45, 2.75) is 6.61 Å². The molecule has 0 radical (unpaired) electrons. The number of benzene rings is 4. The topological polar surface area (TPSA) is 77.7 Å². The number of hydrogen-bond donors (Lipinski definition) is 1. The highest BCUT2D eigenvalue weighted by Gasteiger charge is 2.12. The number of carbonyl (C=O) groups excluding carboxylic acids is 1. The fourth-order valence-corrected chi connectivity index (χ4v) is 3.75. The first-order valence-electron chi connectivity index (χ1n) is 12.3. The molecule has 5 aromatic rings. The lowest BCUT2D eigenvalue weighted by atomic mass is 10.1. The van der Waals surface area contributed by atoms with Gasteiger partial charge in [0.1, 0.15) is 29.6 Å². The van der Waals surface area contributed by atoms with Gasteiger partial charge in [0.25, 0.3) is 5.91 Å². The summed E-state index contributed by atoms with van der Waals surface area (Å²) in [6, 6.07) is 32.8. The van der Waals surface area contributed by atoms with Crippen molar-refractivity contribution in [1.29, 1.82) is 0 Å². The van der Waals surface area contributed by atoms with E-state index in [2.05, 4.69) is 10.5 Å². The number of ether oxygens (including phenoxy) is 2. The fourth-order valence-electron chi connectivity index (χ4n) is 3.75. The molecule has 0 saturated heterocycles. The number of nitrogens with zero attached hydrogens (tertiary/aromatic N) is 3. The Bertz CT molecular complexity index is 1540. The number of para-hydroxylation sites is 1. The van der Waals surface area contributed by atoms with Crippen LogP contribution in [0.1, 0.15) is 11.1 Å². The number of amides is 1. The summed E-state index contributed by atoms with van der Waals surface area (Å²) >= 11 is 0. The van der Waals surface area contributed by atoms with E-state index in [-0.39, 0.29) is 12.4 Å². The van der Waals surface area contributed by atoms with Gasteiger partial charge in [0, 0.05) is 17.3 Å². The van der Waals surface area contributed by atoms with Crippen LogP contribution in [0.15, 0.2) is 120 Å². The maximum atomic E-state index is 13.0. The summed E-state index contributed by atoms with van der Waals surface area (Å²) < 4.78 is 26.1. The van der Waals surface area contributed by atoms with Crippen molar-refractivity contribution >= 4 is 12.1 Å². The molecule has 0 aliphatic carbocycles. The quantitative estimate of drug-likeness (QED) is 0.187. The SMILES string of the molecule is O=C(COc1ccc(F)cc1)N/N=C\c1cn(-c2ccccc2)nc1-c1ccc(OCc2ccccc2)cc1. The number of hydrogen-bond acceptors (Lipinski definition) is 5. The first-order valence-corrected chi connectivity index (χ1v) is 12.3. The molecule has 1 aromatic heterocycles. The highest BCUT2D eigenvalue weighted by atomic mass is 19.1. The Morgan fingerprint density at radius 3 is 2.21 bits per heavy atom. The summed E-state index contributed by atoms with van der Waals surface area (Å²) in [4.78, 5) is 12.2. The van der Waals surface area contributed by atoms with Gasteiger partial charge in [-0.3, -0.25) is 4.79 Å². The molecule has 1 N–H and O–H groups in total. The zero-order valence-electron chi connectivity index (χ0n) is 20.9. The van der Waals surface area contributed by atoms with Crippen LogP contribution in [0, 0.1) is 5.82 Å². The van der Waals surface area contributed by atoms with E-state index in [0.29, 0.717) is 23.6 Å². The molecule has 5 rings (SSSR count). The molecule has 7 nitrogen and oxygen atoms in total. The van der Waals surface area contributed by atoms with Crippen molar-refractivity contribution in [1.82, 2.24) is 15.2 Å². The molecule has 0 unspecified atom stereocenters. The van der Waals surface area contributed by atoms with Crippen LogP contribution >= 0.6 is 0 Å². The number of hydrazone groups is 1. The predicted octanol–water partition coefficient (Wildman–Crippen LogP) is 5.79. The maximum Gasteiger partial charge on any atom is 0.277 e. The molecule has 39 heavy (non-hydrogen) atoms. The lowest BCUT2D eigenvalue weighted by molar-refractivity contribution is -0.123. The maximum absolute atomic E-state index is 13.0. The normalized spacial score (nSPS) is 10.9. The van der Waals surface area contributed by atoms with E-state index in [1.54, 1.807) is 4.68 Å². The second kappa shape index (κ2) is 12.3. The summed E-state index contributed by atoms with van der Waals surface area (Å²) in [6.45, 7) is 0.217. The van der Waals surface area contributed by atoms with E-state index in [9.17, 15) is 9.18 Å². The molecule has 194 valence electrons. The Morgan fingerprint density at radius 1 is 0.846 bits per heavy atom. The molecule has 0 bridgehead atoms. The minimum Gasteiger partial charge on any atom is -0.489 e. The highest BCUT2D eigenvalue weighted by Crippen LogP contribution is 2.25. The first kappa shape index (κ1) is 25.4. The van der Waals surface area contributed by atoms with Crippen molar-refractivity contribution in [3.8, 4) is 28.4 Å². The van der Waals surface area contributed by atoms with Crippen molar-refractivity contribution in [3.63, 3.8) is 0 Å². The van der Waals surface area contributed by atoms with Crippen LogP contribution in [-0.2, 0) is 11.4 Å². The van der Waals surface area contributed by atoms with E-state index in [0.717, 1.165) is 22.6 Å². The Balaban J connectivity index is 1.29. The third kappa shape index (κ3) is 6.95. The molecule has 0 saturated carbocycles. The third-order valence-electron chi connectivity index (χ3n) is 5.72. The summed E-state index contributed by atoms with van der Waals surface area (Å²) in [5, 5.41) is 8.87. The van der Waals surface area contributed by atoms with Crippen LogP contribution in [0.4, 0.5) is 4.39 Å². The molecule has 0 atom stereocenters. The van der Waals surface area contributed by atoms with Crippen LogP contribution in [0.25, 0.3) is 16.9 Å². The molecule has 4 aromatic carbocycles. The average molecular weight is 521 g/mol. The Kier molecular flexibility index (Phi) is 8.04. The van der Waals surface area contributed by atoms with Gasteiger partial charge in [0.2, 0.25) is 0 Å². The van der Waals surface area contributed by atoms with Crippen LogP contribution in [0.5, 0.6) is 11.5 Å². The molecule has 0 aliphatic heterocycles. The molecule has 8 heteroatoms. The summed E-state index contributed by atoms with van der Waals surface area (Å²) in [5.41, 5.74) is 6.69. The van der Waals surface area contributed by atoms with Gasteiger partial charge in [-0.15, -0.1) is 0 Å². The van der Waals surface area contributed by atoms with Crippen molar-refractivity contribution < 1.29 is 18.7 Å². The van der Waals surface area contributed by atoms with Crippen molar-refractivity contribution in [2.24, 2.45) is 5.10 Å². The Hall–Kier alpha value is -5.24. The molecule has 0 aliphatic rings. The number of aromatic nitrogens is 2. The van der Waals surface area contributed by atoms with Gasteiger partial charge in [0.15, 0.2) is 6.61 Å². The fraction of sp³-hybridized carbons (Fsp3) is 0.0645. The number of halogens is 1. The average Bonchev–Trinajstić information content (AvgIpc) is 3.41. The molecular formula is C31H25FN4O3. The van der Waals surface area contributed by atoms with Crippen LogP contribution in [-0.4, -0.2) is 28.5 Å². The van der Waals surface area contributed by atoms with Gasteiger partial charge < -0.3 is 9.47 Å². The number of rotatable bonds is 10. The van der Waals surface area contributed by atoms with Crippen LogP contribution in [0.3, 0.4) is 0 Å². The lowest BCUT2D eigenvalue weighted by Gasteiger charge is -2.07. The van der Waals surface area contributed by atoms with Crippen molar-refractivity contribution in [2.75, 3.05) is 6.61 Å². The van der Waals surface area contributed by atoms with E-state index in [1.165, 1.54) is 30.5 Å². The Morgan fingerprint density at radius 2 is 1.49 bits per heavy atom. The Labute approximate surface area is 225 Å². The van der Waals surface area contributed by atoms with Gasteiger partial charge in [-0.2, -0.15) is 10.2 Å². The smallest absolute Gasteiger partial charge is 0.277 e. The summed E-state index contributed by atoms with van der Waals surface area (Å²) in [5.74, 6) is 0.303. The molecule has 0 spiro atoms. The summed E-state index contributed by atoms with van der Waals surface area (Å²) in [6.07, 6.45) is 3.38. The molecule has 1 amide bonds. The van der Waals surface area contributed by atoms with E-state index < -0.39 is 5.91 Å².